The van der Waals surface area contributed by atoms with Gasteiger partial charge in [0.1, 0.15) is 11.6 Å². The molecule has 0 spiro atoms. The molecule has 0 radical (unpaired) electrons. The monoisotopic (exact) mass is 341 g/mol. The number of pyridine rings is 1. The van der Waals surface area contributed by atoms with Gasteiger partial charge in [0.25, 0.3) is 5.91 Å². The SMILES string of the molecule is CCCN(CCC)C(=O)c1ccnc(NCc2ccccc2OC)c1. The highest BCUT2D eigenvalue weighted by molar-refractivity contribution is 5.94. The maximum Gasteiger partial charge on any atom is 0.254 e. The maximum absolute atomic E-state index is 12.7. The molecule has 0 saturated carbocycles. The molecule has 0 unspecified atom stereocenters. The minimum absolute atomic E-state index is 0.0615. The van der Waals surface area contributed by atoms with Crippen LogP contribution in [-0.2, 0) is 6.54 Å². The van der Waals surface area contributed by atoms with Gasteiger partial charge in [0.05, 0.1) is 7.11 Å². The molecule has 1 aromatic heterocycles. The lowest BCUT2D eigenvalue weighted by atomic mass is 10.2. The molecular weight excluding hydrogens is 314 g/mol. The number of benzene rings is 1. The number of ether oxygens (including phenoxy) is 1. The van der Waals surface area contributed by atoms with E-state index in [0.29, 0.717) is 17.9 Å². The lowest BCUT2D eigenvalue weighted by molar-refractivity contribution is 0.0755. The highest BCUT2D eigenvalue weighted by atomic mass is 16.5. The van der Waals surface area contributed by atoms with Crippen LogP contribution in [0.25, 0.3) is 0 Å². The number of amides is 1. The molecule has 134 valence electrons. The van der Waals surface area contributed by atoms with E-state index < -0.39 is 0 Å². The summed E-state index contributed by atoms with van der Waals surface area (Å²) in [6.07, 6.45) is 3.58. The molecule has 5 heteroatoms. The van der Waals surface area contributed by atoms with E-state index in [0.717, 1.165) is 37.2 Å². The lowest BCUT2D eigenvalue weighted by Crippen LogP contribution is -2.32. The highest BCUT2D eigenvalue weighted by Gasteiger charge is 2.15. The third-order valence-corrected chi connectivity index (χ3v) is 3.93. The number of nitrogens with one attached hydrogen (secondary N) is 1. The van der Waals surface area contributed by atoms with Crippen LogP contribution >= 0.6 is 0 Å². The average molecular weight is 341 g/mol. The first-order valence-corrected chi connectivity index (χ1v) is 8.80. The highest BCUT2D eigenvalue weighted by Crippen LogP contribution is 2.19. The van der Waals surface area contributed by atoms with Crippen molar-refractivity contribution in [2.24, 2.45) is 0 Å². The topological polar surface area (TPSA) is 54.5 Å². The molecule has 1 heterocycles. The van der Waals surface area contributed by atoms with Crippen molar-refractivity contribution in [3.05, 3.63) is 53.7 Å². The molecule has 5 nitrogen and oxygen atoms in total. The minimum atomic E-state index is 0.0615. The number of methoxy groups -OCH3 is 1. The number of hydrogen-bond acceptors (Lipinski definition) is 4. The number of nitrogens with zero attached hydrogens (tertiary/aromatic N) is 2. The van der Waals surface area contributed by atoms with Gasteiger partial charge in [-0.2, -0.15) is 0 Å². The zero-order chi connectivity index (χ0) is 18.1. The summed E-state index contributed by atoms with van der Waals surface area (Å²) in [5.74, 6) is 1.58. The molecule has 0 fully saturated rings. The summed E-state index contributed by atoms with van der Waals surface area (Å²) in [5, 5.41) is 3.27. The van der Waals surface area contributed by atoms with E-state index >= 15 is 0 Å². The van der Waals surface area contributed by atoms with E-state index in [4.69, 9.17) is 4.74 Å². The third-order valence-electron chi connectivity index (χ3n) is 3.93. The van der Waals surface area contributed by atoms with Crippen molar-refractivity contribution in [1.82, 2.24) is 9.88 Å². The first kappa shape index (κ1) is 18.8. The third kappa shape index (κ3) is 5.21. The van der Waals surface area contributed by atoms with Gasteiger partial charge < -0.3 is 15.0 Å². The second-order valence-corrected chi connectivity index (χ2v) is 5.89. The zero-order valence-electron chi connectivity index (χ0n) is 15.3. The van der Waals surface area contributed by atoms with Crippen LogP contribution in [-0.4, -0.2) is 36.0 Å². The average Bonchev–Trinajstić information content (AvgIpc) is 2.66. The first-order valence-electron chi connectivity index (χ1n) is 8.80. The smallest absolute Gasteiger partial charge is 0.254 e. The molecular formula is C20H27N3O2. The first-order chi connectivity index (χ1) is 12.2. The van der Waals surface area contributed by atoms with E-state index in [9.17, 15) is 4.79 Å². The van der Waals surface area contributed by atoms with E-state index in [-0.39, 0.29) is 5.91 Å². The van der Waals surface area contributed by atoms with Crippen LogP contribution in [0.1, 0.15) is 42.6 Å². The summed E-state index contributed by atoms with van der Waals surface area (Å²) in [5.41, 5.74) is 1.71. The van der Waals surface area contributed by atoms with Gasteiger partial charge in [0.2, 0.25) is 0 Å². The fraction of sp³-hybridized carbons (Fsp3) is 0.400. The Labute approximate surface area is 150 Å². The summed E-state index contributed by atoms with van der Waals surface area (Å²) in [6, 6.07) is 11.4. The van der Waals surface area contributed by atoms with Crippen molar-refractivity contribution in [3.8, 4) is 5.75 Å². The molecule has 0 aliphatic carbocycles. The fourth-order valence-electron chi connectivity index (χ4n) is 2.73. The van der Waals surface area contributed by atoms with E-state index in [2.05, 4.69) is 24.1 Å². The molecule has 2 aromatic rings. The Morgan fingerprint density at radius 3 is 2.56 bits per heavy atom. The molecule has 1 N–H and O–H groups in total. The molecule has 0 atom stereocenters. The Morgan fingerprint density at radius 2 is 1.88 bits per heavy atom. The van der Waals surface area contributed by atoms with Crippen molar-refractivity contribution >= 4 is 11.7 Å². The zero-order valence-corrected chi connectivity index (χ0v) is 15.3. The number of carbonyl (C=O) groups is 1. The van der Waals surface area contributed by atoms with Crippen LogP contribution in [0.4, 0.5) is 5.82 Å². The van der Waals surface area contributed by atoms with Crippen molar-refractivity contribution < 1.29 is 9.53 Å². The van der Waals surface area contributed by atoms with Gasteiger partial charge in [-0.15, -0.1) is 0 Å². The molecule has 1 aromatic carbocycles. The summed E-state index contributed by atoms with van der Waals surface area (Å²) in [7, 11) is 1.66. The van der Waals surface area contributed by atoms with E-state index in [1.165, 1.54) is 0 Å². The number of hydrogen-bond donors (Lipinski definition) is 1. The number of aromatic nitrogens is 1. The largest absolute Gasteiger partial charge is 0.496 e. The Kier molecular flexibility index (Phi) is 7.26. The molecule has 0 aliphatic heterocycles. The quantitative estimate of drug-likeness (QED) is 0.750. The number of anilines is 1. The van der Waals surface area contributed by atoms with Crippen molar-refractivity contribution in [2.75, 3.05) is 25.5 Å². The summed E-state index contributed by atoms with van der Waals surface area (Å²) in [4.78, 5) is 18.9. The van der Waals surface area contributed by atoms with Crippen LogP contribution < -0.4 is 10.1 Å². The van der Waals surface area contributed by atoms with Gasteiger partial charge in [0.15, 0.2) is 0 Å². The summed E-state index contributed by atoms with van der Waals surface area (Å²) in [6.45, 7) is 6.31. The summed E-state index contributed by atoms with van der Waals surface area (Å²) < 4.78 is 5.36. The maximum atomic E-state index is 12.7. The van der Waals surface area contributed by atoms with Crippen molar-refractivity contribution in [2.45, 2.75) is 33.2 Å². The second-order valence-electron chi connectivity index (χ2n) is 5.89. The minimum Gasteiger partial charge on any atom is -0.496 e. The molecule has 1 amide bonds. The van der Waals surface area contributed by atoms with Crippen molar-refractivity contribution in [1.29, 1.82) is 0 Å². The van der Waals surface area contributed by atoms with Crippen LogP contribution in [0.15, 0.2) is 42.6 Å². The van der Waals surface area contributed by atoms with Crippen LogP contribution in [0.2, 0.25) is 0 Å². The predicted octanol–water partition coefficient (Wildman–Crippen LogP) is 3.96. The molecule has 0 aliphatic rings. The number of para-hydroxylation sites is 1. The Hall–Kier alpha value is -2.56. The van der Waals surface area contributed by atoms with Gasteiger partial charge in [-0.3, -0.25) is 4.79 Å². The summed E-state index contributed by atoms with van der Waals surface area (Å²) >= 11 is 0. The van der Waals surface area contributed by atoms with Crippen LogP contribution in [0.3, 0.4) is 0 Å². The molecule has 0 saturated heterocycles. The molecule has 25 heavy (non-hydrogen) atoms. The predicted molar refractivity (Wildman–Crippen MR) is 101 cm³/mol. The molecule has 0 bridgehead atoms. The Balaban J connectivity index is 2.09. The van der Waals surface area contributed by atoms with Gasteiger partial charge in [-0.1, -0.05) is 32.0 Å². The van der Waals surface area contributed by atoms with Gasteiger partial charge in [-0.25, -0.2) is 4.98 Å². The fourth-order valence-corrected chi connectivity index (χ4v) is 2.73. The van der Waals surface area contributed by atoms with Gasteiger partial charge in [-0.05, 0) is 31.0 Å². The van der Waals surface area contributed by atoms with Crippen LogP contribution in [0, 0.1) is 0 Å². The van der Waals surface area contributed by atoms with Crippen molar-refractivity contribution in [3.63, 3.8) is 0 Å². The van der Waals surface area contributed by atoms with Crippen LogP contribution in [0.5, 0.6) is 5.75 Å². The molecule has 2 rings (SSSR count). The second kappa shape index (κ2) is 9.67. The Bertz CT molecular complexity index is 682. The normalized spacial score (nSPS) is 10.4. The number of rotatable bonds is 9. The lowest BCUT2D eigenvalue weighted by Gasteiger charge is -2.21. The van der Waals surface area contributed by atoms with E-state index in [1.807, 2.05) is 35.2 Å². The van der Waals surface area contributed by atoms with E-state index in [1.54, 1.807) is 19.4 Å². The Morgan fingerprint density at radius 1 is 1.16 bits per heavy atom. The number of carbonyl (C=O) groups excluding carboxylic acids is 1. The van der Waals surface area contributed by atoms with Gasteiger partial charge in [0, 0.05) is 37.0 Å². The van der Waals surface area contributed by atoms with Gasteiger partial charge >= 0.3 is 0 Å². The standard InChI is InChI=1S/C20H27N3O2/c1-4-12-23(13-5-2)20(24)16-10-11-21-19(14-16)22-15-17-8-6-7-9-18(17)25-3/h6-11,14H,4-5,12-13,15H2,1-3H3,(H,21,22).